The van der Waals surface area contributed by atoms with Gasteiger partial charge in [-0.2, -0.15) is 0 Å². The molecule has 1 atom stereocenters. The van der Waals surface area contributed by atoms with E-state index in [0.717, 1.165) is 10.0 Å². The van der Waals surface area contributed by atoms with Gasteiger partial charge >= 0.3 is 5.97 Å². The summed E-state index contributed by atoms with van der Waals surface area (Å²) < 4.78 is 6.69. The highest BCUT2D eigenvalue weighted by Crippen LogP contribution is 2.48. The van der Waals surface area contributed by atoms with Gasteiger partial charge in [-0.15, -0.1) is 0 Å². The van der Waals surface area contributed by atoms with Crippen LogP contribution in [-0.2, 0) is 14.3 Å². The predicted octanol–water partition coefficient (Wildman–Crippen LogP) is 2.21. The highest BCUT2D eigenvalue weighted by Gasteiger charge is 2.58. The molecule has 1 heterocycles. The molecule has 1 saturated heterocycles. The van der Waals surface area contributed by atoms with E-state index in [0.29, 0.717) is 32.5 Å². The van der Waals surface area contributed by atoms with Crippen molar-refractivity contribution >= 4 is 27.8 Å². The minimum absolute atomic E-state index is 0.204. The van der Waals surface area contributed by atoms with Gasteiger partial charge in [0.25, 0.3) is 0 Å². The van der Waals surface area contributed by atoms with E-state index in [9.17, 15) is 14.7 Å². The predicted molar refractivity (Wildman–Crippen MR) is 78.7 cm³/mol. The first-order valence-electron chi connectivity index (χ1n) is 6.93. The molecule has 0 radical (unpaired) electrons. The Labute approximate surface area is 131 Å². The minimum Gasteiger partial charge on any atom is -0.480 e. The normalized spacial score (nSPS) is 23.7. The molecule has 0 aromatic heterocycles. The van der Waals surface area contributed by atoms with Crippen molar-refractivity contribution < 1.29 is 19.4 Å². The van der Waals surface area contributed by atoms with Crippen LogP contribution < -0.4 is 0 Å². The van der Waals surface area contributed by atoms with Gasteiger partial charge in [0.05, 0.1) is 13.2 Å². The number of amides is 1. The van der Waals surface area contributed by atoms with Gasteiger partial charge in [-0.1, -0.05) is 28.1 Å². The van der Waals surface area contributed by atoms with Crippen molar-refractivity contribution in [2.75, 3.05) is 19.7 Å². The highest BCUT2D eigenvalue weighted by molar-refractivity contribution is 9.10. The number of carbonyl (C=O) groups is 2. The van der Waals surface area contributed by atoms with Crippen molar-refractivity contribution in [3.8, 4) is 0 Å². The first kappa shape index (κ1) is 14.5. The SMILES string of the molecule is O=C(O)C1(C(=O)N2CCOC(c3cccc(Br)c3)C2)CC1. The fourth-order valence-corrected chi connectivity index (χ4v) is 3.11. The number of halogens is 1. The van der Waals surface area contributed by atoms with Crippen molar-refractivity contribution in [2.24, 2.45) is 5.41 Å². The molecule has 1 N–H and O–H groups in total. The molecule has 1 saturated carbocycles. The monoisotopic (exact) mass is 353 g/mol. The van der Waals surface area contributed by atoms with Gasteiger partial charge in [-0.05, 0) is 30.5 Å². The molecule has 1 aliphatic carbocycles. The number of aliphatic carboxylic acids is 1. The molecule has 5 nitrogen and oxygen atoms in total. The van der Waals surface area contributed by atoms with E-state index < -0.39 is 11.4 Å². The molecule has 3 rings (SSSR count). The lowest BCUT2D eigenvalue weighted by Crippen LogP contribution is -2.47. The number of nitrogens with zero attached hydrogens (tertiary/aromatic N) is 1. The van der Waals surface area contributed by atoms with Gasteiger partial charge in [0.15, 0.2) is 0 Å². The molecule has 1 aromatic rings. The maximum absolute atomic E-state index is 12.4. The number of rotatable bonds is 3. The summed E-state index contributed by atoms with van der Waals surface area (Å²) in [5, 5.41) is 9.24. The van der Waals surface area contributed by atoms with Crippen LogP contribution >= 0.6 is 15.9 Å². The fourth-order valence-electron chi connectivity index (χ4n) is 2.69. The number of carboxylic acid groups (broad SMARTS) is 1. The van der Waals surface area contributed by atoms with E-state index in [1.807, 2.05) is 24.3 Å². The summed E-state index contributed by atoms with van der Waals surface area (Å²) in [7, 11) is 0. The first-order valence-corrected chi connectivity index (χ1v) is 7.72. The van der Waals surface area contributed by atoms with Crippen molar-refractivity contribution in [1.29, 1.82) is 0 Å². The first-order chi connectivity index (χ1) is 10.0. The molecular formula is C15H16BrNO4. The van der Waals surface area contributed by atoms with Crippen LogP contribution in [0.5, 0.6) is 0 Å². The Morgan fingerprint density at radius 3 is 2.76 bits per heavy atom. The Kier molecular flexibility index (Phi) is 3.75. The summed E-state index contributed by atoms with van der Waals surface area (Å²) in [5.74, 6) is -1.27. The molecule has 2 aliphatic rings. The summed E-state index contributed by atoms with van der Waals surface area (Å²) in [6, 6.07) is 7.76. The number of morpholine rings is 1. The van der Waals surface area contributed by atoms with Gasteiger partial charge in [-0.3, -0.25) is 9.59 Å². The zero-order valence-electron chi connectivity index (χ0n) is 11.4. The molecule has 112 valence electrons. The van der Waals surface area contributed by atoms with Crippen LogP contribution in [0.2, 0.25) is 0 Å². The molecule has 6 heteroatoms. The molecule has 2 fully saturated rings. The van der Waals surface area contributed by atoms with Crippen LogP contribution in [0.1, 0.15) is 24.5 Å². The molecule has 1 unspecified atom stereocenters. The van der Waals surface area contributed by atoms with Gasteiger partial charge < -0.3 is 14.7 Å². The van der Waals surface area contributed by atoms with Crippen molar-refractivity contribution in [3.05, 3.63) is 34.3 Å². The molecular weight excluding hydrogens is 338 g/mol. The van der Waals surface area contributed by atoms with Crippen molar-refractivity contribution in [2.45, 2.75) is 18.9 Å². The second-order valence-electron chi connectivity index (χ2n) is 5.55. The van der Waals surface area contributed by atoms with Crippen molar-refractivity contribution in [1.82, 2.24) is 4.90 Å². The maximum Gasteiger partial charge on any atom is 0.319 e. The number of carbonyl (C=O) groups excluding carboxylic acids is 1. The van der Waals surface area contributed by atoms with Gasteiger partial charge in [0, 0.05) is 11.0 Å². The van der Waals surface area contributed by atoms with E-state index in [1.165, 1.54) is 0 Å². The Hall–Kier alpha value is -1.40. The second-order valence-corrected chi connectivity index (χ2v) is 6.47. The number of benzene rings is 1. The summed E-state index contributed by atoms with van der Waals surface area (Å²) in [6.07, 6.45) is 0.685. The Balaban J connectivity index is 1.74. The number of hydrogen-bond acceptors (Lipinski definition) is 3. The third kappa shape index (κ3) is 2.70. The minimum atomic E-state index is -1.17. The quantitative estimate of drug-likeness (QED) is 0.846. The van der Waals surface area contributed by atoms with Gasteiger partial charge in [-0.25, -0.2) is 0 Å². The van der Waals surface area contributed by atoms with E-state index in [1.54, 1.807) is 4.90 Å². The zero-order valence-corrected chi connectivity index (χ0v) is 13.0. The molecule has 1 aliphatic heterocycles. The lowest BCUT2D eigenvalue weighted by atomic mass is 10.0. The standard InChI is InChI=1S/C15H16BrNO4/c16-11-3-1-2-10(8-11)12-9-17(6-7-21-12)13(18)15(4-5-15)14(19)20/h1-3,8,12H,4-7,9H2,(H,19,20). The molecule has 0 spiro atoms. The third-order valence-corrected chi connectivity index (χ3v) is 4.64. The molecule has 1 aromatic carbocycles. The van der Waals surface area contributed by atoms with Crippen LogP contribution in [0.25, 0.3) is 0 Å². The summed E-state index contributed by atoms with van der Waals surface area (Å²) >= 11 is 3.42. The number of carboxylic acids is 1. The summed E-state index contributed by atoms with van der Waals surface area (Å²) in [4.78, 5) is 25.4. The van der Waals surface area contributed by atoms with Gasteiger partial charge in [0.1, 0.15) is 11.5 Å². The zero-order chi connectivity index (χ0) is 15.0. The van der Waals surface area contributed by atoms with Crippen molar-refractivity contribution in [3.63, 3.8) is 0 Å². The lowest BCUT2D eigenvalue weighted by molar-refractivity contribution is -0.157. The maximum atomic E-state index is 12.4. The number of hydrogen-bond donors (Lipinski definition) is 1. The van der Waals surface area contributed by atoms with Crippen LogP contribution in [0.4, 0.5) is 0 Å². The smallest absolute Gasteiger partial charge is 0.319 e. The largest absolute Gasteiger partial charge is 0.480 e. The van der Waals surface area contributed by atoms with E-state index in [2.05, 4.69) is 15.9 Å². The Bertz CT molecular complexity index is 585. The van der Waals surface area contributed by atoms with Gasteiger partial charge in [0.2, 0.25) is 5.91 Å². The molecule has 0 bridgehead atoms. The highest BCUT2D eigenvalue weighted by atomic mass is 79.9. The Morgan fingerprint density at radius 2 is 2.14 bits per heavy atom. The topological polar surface area (TPSA) is 66.8 Å². The molecule has 21 heavy (non-hydrogen) atoms. The average molecular weight is 354 g/mol. The third-order valence-electron chi connectivity index (χ3n) is 4.14. The van der Waals surface area contributed by atoms with Crippen LogP contribution in [0.3, 0.4) is 0 Å². The Morgan fingerprint density at radius 1 is 1.38 bits per heavy atom. The van der Waals surface area contributed by atoms with E-state index >= 15 is 0 Å². The van der Waals surface area contributed by atoms with Crippen LogP contribution in [-0.4, -0.2) is 41.6 Å². The lowest BCUT2D eigenvalue weighted by Gasteiger charge is -2.34. The van der Waals surface area contributed by atoms with E-state index in [-0.39, 0.29) is 12.0 Å². The number of ether oxygens (including phenoxy) is 1. The molecule has 1 amide bonds. The second kappa shape index (κ2) is 5.42. The van der Waals surface area contributed by atoms with Crippen LogP contribution in [0, 0.1) is 5.41 Å². The summed E-state index contributed by atoms with van der Waals surface area (Å²) in [6.45, 7) is 1.29. The van der Waals surface area contributed by atoms with Crippen LogP contribution in [0.15, 0.2) is 28.7 Å². The average Bonchev–Trinajstić information content (AvgIpc) is 3.28. The van der Waals surface area contributed by atoms with E-state index in [4.69, 9.17) is 4.74 Å². The summed E-state index contributed by atoms with van der Waals surface area (Å²) in [5.41, 5.74) is -0.179. The fraction of sp³-hybridized carbons (Fsp3) is 0.467.